The molecule has 0 amide bonds. The van der Waals surface area contributed by atoms with E-state index in [4.69, 9.17) is 5.73 Å². The van der Waals surface area contributed by atoms with Crippen molar-refractivity contribution in [2.75, 3.05) is 10.5 Å². The summed E-state index contributed by atoms with van der Waals surface area (Å²) in [5.74, 6) is -2.78. The molecule has 106 valence electrons. The quantitative estimate of drug-likeness (QED) is 0.849. The number of halogens is 2. The Morgan fingerprint density at radius 1 is 1.30 bits per heavy atom. The second kappa shape index (κ2) is 5.04. The van der Waals surface area contributed by atoms with Crippen LogP contribution >= 0.6 is 0 Å². The summed E-state index contributed by atoms with van der Waals surface area (Å²) in [5, 5.41) is 0. The number of anilines is 2. The predicted molar refractivity (Wildman–Crippen MR) is 70.6 cm³/mol. The lowest BCUT2D eigenvalue weighted by Crippen LogP contribution is -2.17. The zero-order valence-corrected chi connectivity index (χ0v) is 11.2. The van der Waals surface area contributed by atoms with E-state index in [-0.39, 0.29) is 11.5 Å². The Balaban J connectivity index is 2.49. The minimum absolute atomic E-state index is 0.0368. The summed E-state index contributed by atoms with van der Waals surface area (Å²) in [6.07, 6.45) is 1.38. The topological polar surface area (TPSA) is 85.1 Å². The number of benzene rings is 1. The summed E-state index contributed by atoms with van der Waals surface area (Å²) in [5.41, 5.74) is 5.68. The summed E-state index contributed by atoms with van der Waals surface area (Å²) in [6.45, 7) is 1.63. The van der Waals surface area contributed by atoms with Crippen LogP contribution in [0.1, 0.15) is 5.56 Å². The first-order chi connectivity index (χ1) is 9.31. The average molecular weight is 299 g/mol. The van der Waals surface area contributed by atoms with Crippen molar-refractivity contribution < 1.29 is 17.2 Å². The summed E-state index contributed by atoms with van der Waals surface area (Å²) >= 11 is 0. The highest BCUT2D eigenvalue weighted by Gasteiger charge is 2.23. The molecule has 0 atom stereocenters. The molecule has 0 aliphatic heterocycles. The molecule has 0 spiro atoms. The lowest BCUT2D eigenvalue weighted by atomic mass is 10.3. The summed E-state index contributed by atoms with van der Waals surface area (Å²) < 4.78 is 53.1. The van der Waals surface area contributed by atoms with Gasteiger partial charge in [-0.05, 0) is 30.7 Å². The van der Waals surface area contributed by atoms with Gasteiger partial charge in [0.15, 0.2) is 11.6 Å². The number of hydrogen-bond acceptors (Lipinski definition) is 4. The number of hydrogen-bond donors (Lipinski definition) is 2. The molecule has 8 heteroatoms. The van der Waals surface area contributed by atoms with Crippen LogP contribution in [0.5, 0.6) is 0 Å². The zero-order chi connectivity index (χ0) is 14.9. The third-order valence-corrected chi connectivity index (χ3v) is 3.89. The van der Waals surface area contributed by atoms with E-state index >= 15 is 0 Å². The molecule has 2 aromatic rings. The highest BCUT2D eigenvalue weighted by Crippen LogP contribution is 2.23. The minimum atomic E-state index is -4.32. The van der Waals surface area contributed by atoms with Crippen molar-refractivity contribution in [2.45, 2.75) is 11.8 Å². The maximum absolute atomic E-state index is 13.6. The number of sulfonamides is 1. The minimum Gasteiger partial charge on any atom is -0.399 e. The molecule has 1 heterocycles. The van der Waals surface area contributed by atoms with Gasteiger partial charge in [-0.1, -0.05) is 6.07 Å². The van der Waals surface area contributed by atoms with Crippen LogP contribution in [0.4, 0.5) is 20.3 Å². The van der Waals surface area contributed by atoms with E-state index in [1.807, 2.05) is 0 Å². The molecule has 20 heavy (non-hydrogen) atoms. The normalized spacial score (nSPS) is 11.3. The Bertz CT molecular complexity index is 763. The number of nitrogen functional groups attached to an aromatic ring is 1. The number of aryl methyl sites for hydroxylation is 1. The Morgan fingerprint density at radius 2 is 2.00 bits per heavy atom. The maximum atomic E-state index is 13.6. The van der Waals surface area contributed by atoms with Gasteiger partial charge in [-0.25, -0.2) is 22.2 Å². The molecule has 0 saturated heterocycles. The van der Waals surface area contributed by atoms with Crippen LogP contribution in [0, 0.1) is 18.6 Å². The predicted octanol–water partition coefficient (Wildman–Crippen LogP) is 2.05. The van der Waals surface area contributed by atoms with Crippen LogP contribution in [-0.4, -0.2) is 13.4 Å². The van der Waals surface area contributed by atoms with E-state index < -0.39 is 26.6 Å². The van der Waals surface area contributed by atoms with E-state index in [1.54, 1.807) is 19.1 Å². The molecule has 0 saturated carbocycles. The largest absolute Gasteiger partial charge is 0.399 e. The number of rotatable bonds is 3. The van der Waals surface area contributed by atoms with Gasteiger partial charge in [-0.3, -0.25) is 4.72 Å². The Morgan fingerprint density at radius 3 is 2.65 bits per heavy atom. The molecular formula is C12H11F2N3O2S. The van der Waals surface area contributed by atoms with Crippen LogP contribution in [-0.2, 0) is 10.0 Å². The Labute approximate surface area is 114 Å². The molecule has 1 aromatic heterocycles. The molecule has 3 N–H and O–H groups in total. The van der Waals surface area contributed by atoms with Crippen LogP contribution < -0.4 is 10.5 Å². The van der Waals surface area contributed by atoms with Crippen molar-refractivity contribution in [3.05, 3.63) is 47.7 Å². The second-order valence-electron chi connectivity index (χ2n) is 4.09. The summed E-state index contributed by atoms with van der Waals surface area (Å²) in [7, 11) is -4.32. The average Bonchev–Trinajstić information content (AvgIpc) is 2.36. The molecule has 0 radical (unpaired) electrons. The summed E-state index contributed by atoms with van der Waals surface area (Å²) in [6, 6.07) is 4.80. The van der Waals surface area contributed by atoms with Gasteiger partial charge in [-0.15, -0.1) is 0 Å². The van der Waals surface area contributed by atoms with Crippen molar-refractivity contribution in [2.24, 2.45) is 0 Å². The van der Waals surface area contributed by atoms with Crippen molar-refractivity contribution in [1.82, 2.24) is 4.98 Å². The smallest absolute Gasteiger partial charge is 0.266 e. The molecule has 0 unspecified atom stereocenters. The fourth-order valence-corrected chi connectivity index (χ4v) is 2.76. The molecule has 0 fully saturated rings. The van der Waals surface area contributed by atoms with Crippen molar-refractivity contribution in [1.29, 1.82) is 0 Å². The maximum Gasteiger partial charge on any atom is 0.266 e. The van der Waals surface area contributed by atoms with E-state index in [0.29, 0.717) is 11.6 Å². The number of nitrogens with zero attached hydrogens (tertiary/aromatic N) is 1. The fourth-order valence-electron chi connectivity index (χ4n) is 1.55. The molecule has 0 aliphatic rings. The fraction of sp³-hybridized carbons (Fsp3) is 0.0833. The second-order valence-corrected chi connectivity index (χ2v) is 5.74. The van der Waals surface area contributed by atoms with Crippen LogP contribution in [0.15, 0.2) is 35.4 Å². The number of nitrogens with two attached hydrogens (primary N) is 1. The van der Waals surface area contributed by atoms with E-state index in [0.717, 1.165) is 6.07 Å². The number of nitrogens with one attached hydrogen (secondary N) is 1. The first-order valence-corrected chi connectivity index (χ1v) is 6.98. The third-order valence-electron chi connectivity index (χ3n) is 2.55. The van der Waals surface area contributed by atoms with Crippen LogP contribution in [0.2, 0.25) is 0 Å². The first-order valence-electron chi connectivity index (χ1n) is 5.50. The lowest BCUT2D eigenvalue weighted by Gasteiger charge is -2.10. The number of pyridine rings is 1. The standard InChI is InChI=1S/C12H11F2N3O2S/c1-7-3-2-4-16-12(7)17-20(18,19)10-6-8(15)5-9(13)11(10)14/h2-6H,15H2,1H3,(H,16,17). The van der Waals surface area contributed by atoms with Gasteiger partial charge in [0, 0.05) is 11.9 Å². The Kier molecular flexibility index (Phi) is 3.58. The van der Waals surface area contributed by atoms with Crippen molar-refractivity contribution >= 4 is 21.5 Å². The van der Waals surface area contributed by atoms with Crippen LogP contribution in [0.3, 0.4) is 0 Å². The van der Waals surface area contributed by atoms with Crippen LogP contribution in [0.25, 0.3) is 0 Å². The monoisotopic (exact) mass is 299 g/mol. The number of aromatic nitrogens is 1. The summed E-state index contributed by atoms with van der Waals surface area (Å²) in [4.78, 5) is 2.96. The molecule has 0 bridgehead atoms. The van der Waals surface area contributed by atoms with E-state index in [9.17, 15) is 17.2 Å². The highest BCUT2D eigenvalue weighted by molar-refractivity contribution is 7.92. The highest BCUT2D eigenvalue weighted by atomic mass is 32.2. The molecule has 0 aliphatic carbocycles. The van der Waals surface area contributed by atoms with Gasteiger partial charge in [0.2, 0.25) is 0 Å². The van der Waals surface area contributed by atoms with Gasteiger partial charge in [0.1, 0.15) is 10.7 Å². The van der Waals surface area contributed by atoms with Crippen molar-refractivity contribution in [3.63, 3.8) is 0 Å². The molecule has 2 rings (SSSR count). The zero-order valence-electron chi connectivity index (χ0n) is 10.4. The van der Waals surface area contributed by atoms with E-state index in [2.05, 4.69) is 9.71 Å². The van der Waals surface area contributed by atoms with Gasteiger partial charge in [0.05, 0.1) is 0 Å². The van der Waals surface area contributed by atoms with Gasteiger partial charge >= 0.3 is 0 Å². The third kappa shape index (κ3) is 2.69. The van der Waals surface area contributed by atoms with Crippen molar-refractivity contribution in [3.8, 4) is 0 Å². The van der Waals surface area contributed by atoms with E-state index in [1.165, 1.54) is 6.20 Å². The molecule has 5 nitrogen and oxygen atoms in total. The van der Waals surface area contributed by atoms with Gasteiger partial charge in [0.25, 0.3) is 10.0 Å². The Hall–Kier alpha value is -2.22. The van der Waals surface area contributed by atoms with Gasteiger partial charge in [-0.2, -0.15) is 0 Å². The first kappa shape index (κ1) is 14.2. The SMILES string of the molecule is Cc1cccnc1NS(=O)(=O)c1cc(N)cc(F)c1F. The lowest BCUT2D eigenvalue weighted by molar-refractivity contribution is 0.486. The molecular weight excluding hydrogens is 288 g/mol. The van der Waals surface area contributed by atoms with Gasteiger partial charge < -0.3 is 5.73 Å². The molecule has 1 aromatic carbocycles.